The second-order valence-corrected chi connectivity index (χ2v) is 3.65. The van der Waals surface area contributed by atoms with Crippen LogP contribution in [0.15, 0.2) is 28.9 Å². The van der Waals surface area contributed by atoms with Gasteiger partial charge in [-0.2, -0.15) is 0 Å². The van der Waals surface area contributed by atoms with Gasteiger partial charge in [-0.3, -0.25) is 0 Å². The van der Waals surface area contributed by atoms with Crippen molar-refractivity contribution in [2.24, 2.45) is 5.73 Å². The Balaban J connectivity index is 2.22. The topological polar surface area (TPSA) is 39.2 Å². The maximum Gasteiger partial charge on any atom is 0.136 e. The Hall–Kier alpha value is -1.35. The van der Waals surface area contributed by atoms with Gasteiger partial charge in [0.15, 0.2) is 0 Å². The fourth-order valence-corrected chi connectivity index (χ4v) is 1.68. The van der Waals surface area contributed by atoms with Crippen molar-refractivity contribution in [1.29, 1.82) is 0 Å². The van der Waals surface area contributed by atoms with Crippen LogP contribution in [0.4, 0.5) is 4.39 Å². The lowest BCUT2D eigenvalue weighted by atomic mass is 10.1. The Kier molecular flexibility index (Phi) is 3.02. The second-order valence-electron chi connectivity index (χ2n) is 3.65. The first-order chi connectivity index (χ1) is 7.31. The molecule has 0 aliphatic rings. The van der Waals surface area contributed by atoms with Crippen molar-refractivity contribution in [1.82, 2.24) is 0 Å². The van der Waals surface area contributed by atoms with Crippen LogP contribution < -0.4 is 5.73 Å². The van der Waals surface area contributed by atoms with Gasteiger partial charge in [0, 0.05) is 11.5 Å². The smallest absolute Gasteiger partial charge is 0.136 e. The minimum atomic E-state index is -0.186. The predicted octanol–water partition coefficient (Wildman–Crippen LogP) is 2.85. The minimum Gasteiger partial charge on any atom is -0.464 e. The molecule has 1 aromatic carbocycles. The van der Waals surface area contributed by atoms with E-state index in [0.29, 0.717) is 12.1 Å². The van der Waals surface area contributed by atoms with Gasteiger partial charge >= 0.3 is 0 Å². The van der Waals surface area contributed by atoms with E-state index >= 15 is 0 Å². The lowest BCUT2D eigenvalue weighted by Crippen LogP contribution is -1.99. The Morgan fingerprint density at radius 2 is 2.13 bits per heavy atom. The van der Waals surface area contributed by atoms with Gasteiger partial charge in [0.1, 0.15) is 11.4 Å². The summed E-state index contributed by atoms with van der Waals surface area (Å²) < 4.78 is 18.7. The van der Waals surface area contributed by atoms with Crippen LogP contribution in [0.2, 0.25) is 0 Å². The third-order valence-electron chi connectivity index (χ3n) is 2.52. The second kappa shape index (κ2) is 4.45. The van der Waals surface area contributed by atoms with E-state index in [1.165, 1.54) is 6.07 Å². The lowest BCUT2D eigenvalue weighted by Gasteiger charge is -2.02. The number of benzene rings is 1. The van der Waals surface area contributed by atoms with E-state index in [4.69, 9.17) is 10.2 Å². The Morgan fingerprint density at radius 3 is 2.93 bits per heavy atom. The fraction of sp³-hybridized carbons (Fsp3) is 0.333. The number of hydrogen-bond donors (Lipinski definition) is 1. The number of rotatable bonds is 4. The maximum absolute atomic E-state index is 13.5. The third kappa shape index (κ3) is 2.18. The zero-order valence-corrected chi connectivity index (χ0v) is 8.50. The molecule has 0 fully saturated rings. The van der Waals surface area contributed by atoms with Crippen LogP contribution >= 0.6 is 0 Å². The molecule has 0 aliphatic carbocycles. The average molecular weight is 207 g/mol. The predicted molar refractivity (Wildman–Crippen MR) is 58.2 cm³/mol. The van der Waals surface area contributed by atoms with Gasteiger partial charge in [-0.1, -0.05) is 0 Å². The summed E-state index contributed by atoms with van der Waals surface area (Å²) in [6.45, 7) is 0.662. The maximum atomic E-state index is 13.5. The molecule has 0 bridgehead atoms. The van der Waals surface area contributed by atoms with Crippen LogP contribution in [0.3, 0.4) is 0 Å². The molecule has 0 saturated carbocycles. The van der Waals surface area contributed by atoms with Crippen molar-refractivity contribution in [3.63, 3.8) is 0 Å². The molecule has 0 radical (unpaired) electrons. The van der Waals surface area contributed by atoms with Crippen molar-refractivity contribution >= 4 is 11.0 Å². The number of unbranched alkanes of at least 4 members (excludes halogenated alkanes) is 1. The van der Waals surface area contributed by atoms with Gasteiger partial charge in [-0.15, -0.1) is 0 Å². The zero-order chi connectivity index (χ0) is 10.7. The van der Waals surface area contributed by atoms with Gasteiger partial charge in [0.05, 0.1) is 6.26 Å². The van der Waals surface area contributed by atoms with Crippen molar-refractivity contribution in [2.75, 3.05) is 6.54 Å². The van der Waals surface area contributed by atoms with E-state index < -0.39 is 0 Å². The zero-order valence-electron chi connectivity index (χ0n) is 8.50. The highest BCUT2D eigenvalue weighted by Gasteiger charge is 2.06. The highest BCUT2D eigenvalue weighted by molar-refractivity contribution is 5.77. The Bertz CT molecular complexity index is 450. The molecule has 2 nitrogen and oxygen atoms in total. The molecule has 0 aliphatic heterocycles. The summed E-state index contributed by atoms with van der Waals surface area (Å²) in [7, 11) is 0. The molecular weight excluding hydrogens is 193 g/mol. The summed E-state index contributed by atoms with van der Waals surface area (Å²) >= 11 is 0. The van der Waals surface area contributed by atoms with E-state index in [1.54, 1.807) is 6.26 Å². The molecule has 0 amide bonds. The highest BCUT2D eigenvalue weighted by atomic mass is 19.1. The van der Waals surface area contributed by atoms with Crippen LogP contribution in [0.1, 0.15) is 18.4 Å². The summed E-state index contributed by atoms with van der Waals surface area (Å²) in [4.78, 5) is 0. The highest BCUT2D eigenvalue weighted by Crippen LogP contribution is 2.21. The first-order valence-corrected chi connectivity index (χ1v) is 5.17. The number of hydrogen-bond acceptors (Lipinski definition) is 2. The van der Waals surface area contributed by atoms with Crippen molar-refractivity contribution in [3.05, 3.63) is 35.8 Å². The molecule has 15 heavy (non-hydrogen) atoms. The van der Waals surface area contributed by atoms with Crippen LogP contribution in [-0.4, -0.2) is 6.54 Å². The molecule has 1 heterocycles. The van der Waals surface area contributed by atoms with Crippen LogP contribution in [-0.2, 0) is 6.42 Å². The van der Waals surface area contributed by atoms with E-state index in [-0.39, 0.29) is 5.82 Å². The molecule has 0 atom stereocenters. The van der Waals surface area contributed by atoms with E-state index in [1.807, 2.05) is 12.1 Å². The first kappa shape index (κ1) is 10.2. The van der Waals surface area contributed by atoms with E-state index in [2.05, 4.69) is 0 Å². The van der Waals surface area contributed by atoms with Gasteiger partial charge in [0.25, 0.3) is 0 Å². The molecule has 0 saturated heterocycles. The minimum absolute atomic E-state index is 0.186. The normalized spacial score (nSPS) is 11.1. The molecule has 0 unspecified atom stereocenters. The summed E-state index contributed by atoms with van der Waals surface area (Å²) in [6.07, 6.45) is 4.18. The monoisotopic (exact) mass is 207 g/mol. The first-order valence-electron chi connectivity index (χ1n) is 5.17. The lowest BCUT2D eigenvalue weighted by molar-refractivity contribution is 0.586. The summed E-state index contributed by atoms with van der Waals surface area (Å²) in [6, 6.07) is 5.15. The van der Waals surface area contributed by atoms with Gasteiger partial charge < -0.3 is 10.2 Å². The largest absolute Gasteiger partial charge is 0.464 e. The van der Waals surface area contributed by atoms with Gasteiger partial charge in [-0.05, 0) is 43.5 Å². The molecule has 3 heteroatoms. The molecule has 2 aromatic rings. The van der Waals surface area contributed by atoms with Crippen molar-refractivity contribution < 1.29 is 8.81 Å². The van der Waals surface area contributed by atoms with Crippen LogP contribution in [0.25, 0.3) is 11.0 Å². The number of fused-ring (bicyclic) bond motifs is 1. The van der Waals surface area contributed by atoms with Gasteiger partial charge in [0.2, 0.25) is 0 Å². The summed E-state index contributed by atoms with van der Waals surface area (Å²) in [5, 5.41) is 0.958. The molecular formula is C12H14FNO. The third-order valence-corrected chi connectivity index (χ3v) is 2.52. The average Bonchev–Trinajstić information content (AvgIpc) is 2.65. The number of nitrogens with two attached hydrogens (primary N) is 1. The van der Waals surface area contributed by atoms with E-state index in [9.17, 15) is 4.39 Å². The molecule has 80 valence electrons. The molecule has 2 N–H and O–H groups in total. The molecule has 0 spiro atoms. The van der Waals surface area contributed by atoms with Crippen LogP contribution in [0.5, 0.6) is 0 Å². The quantitative estimate of drug-likeness (QED) is 0.783. The number of furan rings is 1. The molecule has 1 aromatic heterocycles. The Morgan fingerprint density at radius 1 is 1.27 bits per heavy atom. The molecule has 2 rings (SSSR count). The van der Waals surface area contributed by atoms with Crippen LogP contribution in [0, 0.1) is 5.82 Å². The fourth-order valence-electron chi connectivity index (χ4n) is 1.68. The number of halogens is 1. The Labute approximate surface area is 87.9 Å². The van der Waals surface area contributed by atoms with Gasteiger partial charge in [-0.25, -0.2) is 4.39 Å². The van der Waals surface area contributed by atoms with Crippen molar-refractivity contribution in [2.45, 2.75) is 19.3 Å². The van der Waals surface area contributed by atoms with Crippen molar-refractivity contribution in [3.8, 4) is 0 Å². The standard InChI is InChI=1S/C12H14FNO/c13-11-8-12-10(4-6-15-12)7-9(11)3-1-2-5-14/h4,6-8H,1-3,5,14H2. The summed E-state index contributed by atoms with van der Waals surface area (Å²) in [5.74, 6) is -0.186. The summed E-state index contributed by atoms with van der Waals surface area (Å²) in [5.41, 5.74) is 6.75. The number of aryl methyl sites for hydroxylation is 1. The SMILES string of the molecule is NCCCCc1cc2ccoc2cc1F. The van der Waals surface area contributed by atoms with E-state index in [0.717, 1.165) is 30.2 Å².